The summed E-state index contributed by atoms with van der Waals surface area (Å²) in [6.45, 7) is 1.91. The quantitative estimate of drug-likeness (QED) is 0.784. The number of benzene rings is 2. The number of aromatic nitrogens is 1. The van der Waals surface area contributed by atoms with Gasteiger partial charge in [-0.15, -0.1) is 0 Å². The van der Waals surface area contributed by atoms with Gasteiger partial charge in [-0.25, -0.2) is 0 Å². The molecule has 0 bridgehead atoms. The van der Waals surface area contributed by atoms with Gasteiger partial charge in [-0.3, -0.25) is 4.79 Å². The lowest BCUT2D eigenvalue weighted by atomic mass is 9.90. The topological polar surface area (TPSA) is 42.0 Å². The number of anilines is 1. The molecule has 0 saturated carbocycles. The summed E-state index contributed by atoms with van der Waals surface area (Å²) in [6.07, 6.45) is 0. The second-order valence-electron chi connectivity index (χ2n) is 5.08. The van der Waals surface area contributed by atoms with E-state index in [0.29, 0.717) is 0 Å². The van der Waals surface area contributed by atoms with Crippen LogP contribution >= 0.6 is 11.5 Å². The van der Waals surface area contributed by atoms with E-state index in [1.807, 2.05) is 73.7 Å². The molecular weight excluding hydrogens is 292 g/mol. The largest absolute Gasteiger partial charge is 0.316 e. The molecule has 0 radical (unpaired) electrons. The maximum Gasteiger partial charge on any atom is 0.237 e. The van der Waals surface area contributed by atoms with E-state index in [4.69, 9.17) is 0 Å². The lowest BCUT2D eigenvalue weighted by Gasteiger charge is -2.17. The van der Waals surface area contributed by atoms with Crippen LogP contribution in [0.2, 0.25) is 0 Å². The Morgan fingerprint density at radius 1 is 1.00 bits per heavy atom. The smallest absolute Gasteiger partial charge is 0.237 e. The fourth-order valence-corrected chi connectivity index (χ4v) is 3.07. The van der Waals surface area contributed by atoms with Crippen LogP contribution in [0.3, 0.4) is 0 Å². The summed E-state index contributed by atoms with van der Waals surface area (Å²) in [7, 11) is 0. The summed E-state index contributed by atoms with van der Waals surface area (Å²) >= 11 is 1.30. The Balaban J connectivity index is 1.93. The highest BCUT2D eigenvalue weighted by Gasteiger charge is 2.23. The van der Waals surface area contributed by atoms with Gasteiger partial charge in [0.15, 0.2) is 0 Å². The van der Waals surface area contributed by atoms with Gasteiger partial charge in [-0.2, -0.15) is 4.37 Å². The Bertz CT molecular complexity index is 714. The number of nitrogens with zero attached hydrogens (tertiary/aromatic N) is 1. The minimum Gasteiger partial charge on any atom is -0.316 e. The minimum absolute atomic E-state index is 0.0407. The van der Waals surface area contributed by atoms with Crippen LogP contribution in [0, 0.1) is 6.92 Å². The molecular formula is C18H16N2OS. The van der Waals surface area contributed by atoms with Crippen molar-refractivity contribution in [1.29, 1.82) is 0 Å². The lowest BCUT2D eigenvalue weighted by Crippen LogP contribution is -2.21. The molecule has 0 atom stereocenters. The first-order valence-corrected chi connectivity index (χ1v) is 7.85. The van der Waals surface area contributed by atoms with Gasteiger partial charge in [-0.1, -0.05) is 60.7 Å². The monoisotopic (exact) mass is 308 g/mol. The van der Waals surface area contributed by atoms with Crippen molar-refractivity contribution in [3.8, 4) is 0 Å². The third-order valence-corrected chi connectivity index (χ3v) is 4.20. The van der Waals surface area contributed by atoms with Gasteiger partial charge in [0.05, 0.1) is 11.6 Å². The molecule has 110 valence electrons. The SMILES string of the molecule is Cc1cc(NC(=O)C(c2ccccc2)c2ccccc2)sn1. The molecule has 2 aromatic carbocycles. The van der Waals surface area contributed by atoms with E-state index >= 15 is 0 Å². The van der Waals surface area contributed by atoms with Gasteiger partial charge in [0, 0.05) is 0 Å². The van der Waals surface area contributed by atoms with Crippen LogP contribution in [0.5, 0.6) is 0 Å². The Hall–Kier alpha value is -2.46. The van der Waals surface area contributed by atoms with Gasteiger partial charge in [0.1, 0.15) is 5.00 Å². The highest BCUT2D eigenvalue weighted by Crippen LogP contribution is 2.27. The average Bonchev–Trinajstić information content (AvgIpc) is 2.95. The van der Waals surface area contributed by atoms with Gasteiger partial charge in [-0.05, 0) is 35.6 Å². The summed E-state index contributed by atoms with van der Waals surface area (Å²) in [5.41, 5.74) is 2.87. The summed E-state index contributed by atoms with van der Waals surface area (Å²) in [4.78, 5) is 12.8. The molecule has 4 heteroatoms. The number of hydrogen-bond donors (Lipinski definition) is 1. The van der Waals surface area contributed by atoms with E-state index < -0.39 is 0 Å². The summed E-state index contributed by atoms with van der Waals surface area (Å²) in [6, 6.07) is 21.5. The molecule has 1 amide bonds. The molecule has 1 heterocycles. The molecule has 0 aliphatic heterocycles. The predicted molar refractivity (Wildman–Crippen MR) is 90.2 cm³/mol. The standard InChI is InChI=1S/C18H16N2OS/c1-13-12-16(22-20-13)19-18(21)17(14-8-4-2-5-9-14)15-10-6-3-7-11-15/h2-12,17H,1H3,(H,19,21). The highest BCUT2D eigenvalue weighted by atomic mass is 32.1. The van der Waals surface area contributed by atoms with Crippen LogP contribution < -0.4 is 5.32 Å². The van der Waals surface area contributed by atoms with Gasteiger partial charge < -0.3 is 5.32 Å². The number of carbonyl (C=O) groups excluding carboxylic acids is 1. The third-order valence-electron chi connectivity index (χ3n) is 3.40. The summed E-state index contributed by atoms with van der Waals surface area (Å²) in [5, 5.41) is 3.75. The molecule has 0 unspecified atom stereocenters. The van der Waals surface area contributed by atoms with Crippen LogP contribution in [-0.4, -0.2) is 10.3 Å². The van der Waals surface area contributed by atoms with Crippen molar-refractivity contribution < 1.29 is 4.79 Å². The van der Waals surface area contributed by atoms with E-state index in [2.05, 4.69) is 9.69 Å². The Labute approximate surface area is 133 Å². The predicted octanol–water partition coefficient (Wildman–Crippen LogP) is 4.22. The molecule has 22 heavy (non-hydrogen) atoms. The fourth-order valence-electron chi connectivity index (χ4n) is 2.40. The first-order valence-electron chi connectivity index (χ1n) is 7.08. The number of aryl methyl sites for hydroxylation is 1. The second-order valence-corrected chi connectivity index (χ2v) is 5.88. The Morgan fingerprint density at radius 2 is 1.55 bits per heavy atom. The van der Waals surface area contributed by atoms with Crippen molar-refractivity contribution in [3.05, 3.63) is 83.6 Å². The summed E-state index contributed by atoms with van der Waals surface area (Å²) < 4.78 is 4.20. The van der Waals surface area contributed by atoms with Crippen molar-refractivity contribution in [2.45, 2.75) is 12.8 Å². The molecule has 3 rings (SSSR count). The van der Waals surface area contributed by atoms with Crippen LogP contribution in [0.25, 0.3) is 0 Å². The molecule has 0 aliphatic rings. The molecule has 1 N–H and O–H groups in total. The third kappa shape index (κ3) is 3.23. The zero-order valence-corrected chi connectivity index (χ0v) is 13.0. The Kier molecular flexibility index (Phi) is 4.30. The number of rotatable bonds is 4. The maximum absolute atomic E-state index is 12.8. The van der Waals surface area contributed by atoms with Crippen LogP contribution in [-0.2, 0) is 4.79 Å². The summed E-state index contributed by atoms with van der Waals surface area (Å²) in [5.74, 6) is -0.370. The maximum atomic E-state index is 12.8. The van der Waals surface area contributed by atoms with Crippen molar-refractivity contribution in [1.82, 2.24) is 4.37 Å². The van der Waals surface area contributed by atoms with Crippen molar-refractivity contribution in [2.24, 2.45) is 0 Å². The molecule has 1 aromatic heterocycles. The first-order chi connectivity index (χ1) is 10.7. The Morgan fingerprint density at radius 3 is 2.00 bits per heavy atom. The molecule has 0 saturated heterocycles. The zero-order chi connectivity index (χ0) is 15.4. The number of carbonyl (C=O) groups is 1. The number of hydrogen-bond acceptors (Lipinski definition) is 3. The van der Waals surface area contributed by atoms with E-state index in [0.717, 1.165) is 21.8 Å². The average molecular weight is 308 g/mol. The van der Waals surface area contributed by atoms with E-state index in [1.54, 1.807) is 0 Å². The van der Waals surface area contributed by atoms with Crippen LogP contribution in [0.15, 0.2) is 66.7 Å². The fraction of sp³-hybridized carbons (Fsp3) is 0.111. The number of amides is 1. The van der Waals surface area contributed by atoms with Crippen LogP contribution in [0.1, 0.15) is 22.7 Å². The van der Waals surface area contributed by atoms with E-state index in [9.17, 15) is 4.79 Å². The zero-order valence-electron chi connectivity index (χ0n) is 12.2. The molecule has 3 aromatic rings. The second kappa shape index (κ2) is 6.54. The first kappa shape index (κ1) is 14.5. The number of nitrogens with one attached hydrogen (secondary N) is 1. The van der Waals surface area contributed by atoms with Crippen LogP contribution in [0.4, 0.5) is 5.00 Å². The molecule has 0 spiro atoms. The van der Waals surface area contributed by atoms with Gasteiger partial charge in [0.2, 0.25) is 5.91 Å². The van der Waals surface area contributed by atoms with Gasteiger partial charge >= 0.3 is 0 Å². The highest BCUT2D eigenvalue weighted by molar-refractivity contribution is 7.10. The van der Waals surface area contributed by atoms with Crippen molar-refractivity contribution >= 4 is 22.4 Å². The van der Waals surface area contributed by atoms with Crippen molar-refractivity contribution in [3.63, 3.8) is 0 Å². The molecule has 0 fully saturated rings. The van der Waals surface area contributed by atoms with Crippen molar-refractivity contribution in [2.75, 3.05) is 5.32 Å². The lowest BCUT2D eigenvalue weighted by molar-refractivity contribution is -0.116. The van der Waals surface area contributed by atoms with Gasteiger partial charge in [0.25, 0.3) is 0 Å². The van der Waals surface area contributed by atoms with E-state index in [-0.39, 0.29) is 11.8 Å². The normalized spacial score (nSPS) is 10.6. The van der Waals surface area contributed by atoms with E-state index in [1.165, 1.54) is 11.5 Å². The minimum atomic E-state index is -0.329. The molecule has 3 nitrogen and oxygen atoms in total. The molecule has 0 aliphatic carbocycles.